The number of hydrogen-bond acceptors (Lipinski definition) is 4. The molecule has 2 aliphatic rings. The molecule has 2 aliphatic heterocycles. The Morgan fingerprint density at radius 3 is 2.32 bits per heavy atom. The summed E-state index contributed by atoms with van der Waals surface area (Å²) in [5, 5.41) is 13.9. The van der Waals surface area contributed by atoms with Crippen molar-refractivity contribution in [1.82, 2.24) is 24.7 Å². The highest BCUT2D eigenvalue weighted by atomic mass is 16.4. The molecule has 4 heterocycles. The first-order valence-electron chi connectivity index (χ1n) is 13.7. The van der Waals surface area contributed by atoms with Crippen molar-refractivity contribution < 1.29 is 24.3 Å². The largest absolute Gasteiger partial charge is 0.478 e. The zero-order valence-electron chi connectivity index (χ0n) is 23.5. The number of carboxylic acid groups (broad SMARTS) is 1. The molecular formula is C31H33N5O5. The maximum absolute atomic E-state index is 13.9. The van der Waals surface area contributed by atoms with Gasteiger partial charge in [0.25, 0.3) is 11.8 Å². The molecule has 10 heteroatoms. The van der Waals surface area contributed by atoms with Gasteiger partial charge in [0, 0.05) is 41.9 Å². The van der Waals surface area contributed by atoms with Gasteiger partial charge in [0.15, 0.2) is 0 Å². The van der Waals surface area contributed by atoms with E-state index in [1.807, 2.05) is 54.8 Å². The molecule has 10 nitrogen and oxygen atoms in total. The molecular weight excluding hydrogens is 522 g/mol. The molecule has 0 spiro atoms. The molecule has 3 amide bonds. The molecule has 0 aliphatic carbocycles. The summed E-state index contributed by atoms with van der Waals surface area (Å²) in [5.74, 6) is -1.64. The third kappa shape index (κ3) is 4.53. The average Bonchev–Trinajstić information content (AvgIpc) is 3.71. The van der Waals surface area contributed by atoms with Crippen LogP contribution in [0.2, 0.25) is 0 Å². The molecule has 41 heavy (non-hydrogen) atoms. The van der Waals surface area contributed by atoms with Gasteiger partial charge in [0.1, 0.15) is 17.4 Å². The number of rotatable bonds is 5. The quantitative estimate of drug-likeness (QED) is 0.347. The number of carbonyl (C=O) groups is 4. The maximum atomic E-state index is 13.9. The van der Waals surface area contributed by atoms with Crippen LogP contribution in [0.3, 0.4) is 0 Å². The number of carbonyl (C=O) groups excluding carboxylic acids is 3. The van der Waals surface area contributed by atoms with Crippen molar-refractivity contribution >= 4 is 45.5 Å². The summed E-state index contributed by atoms with van der Waals surface area (Å²) in [4.78, 5) is 58.9. The summed E-state index contributed by atoms with van der Waals surface area (Å²) in [6.45, 7) is 6.60. The number of carboxylic acids is 1. The van der Waals surface area contributed by atoms with Gasteiger partial charge in [0.05, 0.1) is 17.6 Å². The first kappa shape index (κ1) is 26.6. The standard InChI is InChI=1S/C31H33N5O5/c1-31(2,3)26(33-27(37)23-12-17-7-5-6-8-22(17)32-23)29(39)36-16-20-14-21(36)15-35(20)28(38)25-13-19-11-18(30(40)41)9-10-24(19)34(25)4/h5-13,20-21,26,32H,14-16H2,1-4H3,(H,33,37)(H,40,41)/t20-,21-,26+/m0/s1. The molecule has 212 valence electrons. The van der Waals surface area contributed by atoms with Crippen LogP contribution < -0.4 is 5.32 Å². The maximum Gasteiger partial charge on any atom is 0.335 e. The number of amides is 3. The molecule has 0 unspecified atom stereocenters. The zero-order chi connectivity index (χ0) is 29.2. The van der Waals surface area contributed by atoms with Crippen molar-refractivity contribution in [3.05, 3.63) is 71.5 Å². The number of likely N-dealkylation sites (tertiary alicyclic amines) is 2. The van der Waals surface area contributed by atoms with Crippen molar-refractivity contribution in [3.8, 4) is 0 Å². The lowest BCUT2D eigenvalue weighted by atomic mass is 9.85. The SMILES string of the molecule is Cn1c(C(=O)N2C[C@@H]3C[C@H]2CN3C(=O)[C@@H](NC(=O)c2cc3ccccc3[nH]2)C(C)(C)C)cc2cc(C(=O)O)ccc21. The average molecular weight is 556 g/mol. The van der Waals surface area contributed by atoms with Crippen LogP contribution in [0, 0.1) is 5.41 Å². The summed E-state index contributed by atoms with van der Waals surface area (Å²) in [5.41, 5.74) is 2.14. The lowest BCUT2D eigenvalue weighted by Gasteiger charge is -2.39. The van der Waals surface area contributed by atoms with Crippen LogP contribution in [-0.2, 0) is 11.8 Å². The summed E-state index contributed by atoms with van der Waals surface area (Å²) in [7, 11) is 1.80. The molecule has 4 aromatic rings. The molecule has 3 N–H and O–H groups in total. The smallest absolute Gasteiger partial charge is 0.335 e. The highest BCUT2D eigenvalue weighted by molar-refractivity contribution is 6.02. The number of aromatic carboxylic acids is 1. The van der Waals surface area contributed by atoms with Crippen LogP contribution in [0.25, 0.3) is 21.8 Å². The molecule has 2 aromatic heterocycles. The number of aromatic amines is 1. The minimum Gasteiger partial charge on any atom is -0.478 e. The van der Waals surface area contributed by atoms with Gasteiger partial charge in [-0.3, -0.25) is 14.4 Å². The van der Waals surface area contributed by atoms with Crippen LogP contribution in [-0.4, -0.2) is 79.4 Å². The highest BCUT2D eigenvalue weighted by Crippen LogP contribution is 2.35. The second kappa shape index (κ2) is 9.50. The number of benzene rings is 2. The van der Waals surface area contributed by atoms with Crippen molar-refractivity contribution in [2.45, 2.75) is 45.3 Å². The van der Waals surface area contributed by atoms with Gasteiger partial charge in [-0.05, 0) is 48.2 Å². The van der Waals surface area contributed by atoms with Crippen molar-refractivity contribution in [1.29, 1.82) is 0 Å². The summed E-state index contributed by atoms with van der Waals surface area (Å²) >= 11 is 0. The van der Waals surface area contributed by atoms with Gasteiger partial charge in [-0.15, -0.1) is 0 Å². The Morgan fingerprint density at radius 1 is 0.951 bits per heavy atom. The third-order valence-electron chi connectivity index (χ3n) is 8.46. The van der Waals surface area contributed by atoms with Gasteiger partial charge in [-0.2, -0.15) is 0 Å². The number of H-pyrrole nitrogens is 1. The van der Waals surface area contributed by atoms with Gasteiger partial charge in [-0.25, -0.2) is 4.79 Å². The number of aromatic nitrogens is 2. The Balaban J connectivity index is 1.18. The molecule has 2 bridgehead atoms. The predicted octanol–water partition coefficient (Wildman–Crippen LogP) is 3.63. The molecule has 2 fully saturated rings. The van der Waals surface area contributed by atoms with E-state index in [4.69, 9.17) is 0 Å². The van der Waals surface area contributed by atoms with Crippen LogP contribution >= 0.6 is 0 Å². The Kier molecular flexibility index (Phi) is 6.17. The number of nitrogens with zero attached hydrogens (tertiary/aromatic N) is 3. The van der Waals surface area contributed by atoms with E-state index in [2.05, 4.69) is 10.3 Å². The molecule has 3 atom stereocenters. The summed E-state index contributed by atoms with van der Waals surface area (Å²) in [6, 6.07) is 14.9. The second-order valence-corrected chi connectivity index (χ2v) is 12.2. The number of fused-ring (bicyclic) bond motifs is 4. The first-order valence-corrected chi connectivity index (χ1v) is 13.7. The van der Waals surface area contributed by atoms with E-state index in [0.29, 0.717) is 36.3 Å². The molecule has 6 rings (SSSR count). The summed E-state index contributed by atoms with van der Waals surface area (Å²) < 4.78 is 1.79. The number of nitrogens with one attached hydrogen (secondary N) is 2. The van der Waals surface area contributed by atoms with Crippen molar-refractivity contribution in [3.63, 3.8) is 0 Å². The Labute approximate surface area is 236 Å². The van der Waals surface area contributed by atoms with Crippen LogP contribution in [0.15, 0.2) is 54.6 Å². The van der Waals surface area contributed by atoms with E-state index < -0.39 is 17.4 Å². The van der Waals surface area contributed by atoms with Crippen LogP contribution in [0.1, 0.15) is 58.5 Å². The first-order chi connectivity index (χ1) is 19.4. The number of piperazine rings is 1. The topological polar surface area (TPSA) is 128 Å². The molecule has 0 radical (unpaired) electrons. The Bertz CT molecular complexity index is 1690. The fourth-order valence-corrected chi connectivity index (χ4v) is 6.24. The Hall–Kier alpha value is -4.60. The molecule has 0 saturated carbocycles. The van der Waals surface area contributed by atoms with E-state index in [9.17, 15) is 24.3 Å². The van der Waals surface area contributed by atoms with Crippen molar-refractivity contribution in [2.75, 3.05) is 13.1 Å². The third-order valence-corrected chi connectivity index (χ3v) is 8.46. The summed E-state index contributed by atoms with van der Waals surface area (Å²) in [6.07, 6.45) is 0.678. The van der Waals surface area contributed by atoms with Crippen LogP contribution in [0.5, 0.6) is 0 Å². The Morgan fingerprint density at radius 2 is 1.66 bits per heavy atom. The number of para-hydroxylation sites is 1. The number of hydrogen-bond donors (Lipinski definition) is 3. The van der Waals surface area contributed by atoms with Gasteiger partial charge >= 0.3 is 5.97 Å². The minimum absolute atomic E-state index is 0.130. The molecule has 2 saturated heterocycles. The van der Waals surface area contributed by atoms with E-state index in [0.717, 1.165) is 16.4 Å². The minimum atomic E-state index is -1.02. The monoisotopic (exact) mass is 555 g/mol. The fraction of sp³-hybridized carbons (Fsp3) is 0.355. The van der Waals surface area contributed by atoms with Gasteiger partial charge in [0.2, 0.25) is 5.91 Å². The predicted molar refractivity (Wildman–Crippen MR) is 154 cm³/mol. The van der Waals surface area contributed by atoms with E-state index in [1.54, 1.807) is 35.9 Å². The fourth-order valence-electron chi connectivity index (χ4n) is 6.24. The highest BCUT2D eigenvalue weighted by Gasteiger charge is 2.50. The molecule has 2 aromatic carbocycles. The van der Waals surface area contributed by atoms with Gasteiger partial charge in [-0.1, -0.05) is 39.0 Å². The lowest BCUT2D eigenvalue weighted by Crippen LogP contribution is -2.59. The van der Waals surface area contributed by atoms with E-state index in [1.165, 1.54) is 6.07 Å². The van der Waals surface area contributed by atoms with E-state index in [-0.39, 0.29) is 35.4 Å². The van der Waals surface area contributed by atoms with Crippen LogP contribution in [0.4, 0.5) is 0 Å². The van der Waals surface area contributed by atoms with Gasteiger partial charge < -0.3 is 29.8 Å². The lowest BCUT2D eigenvalue weighted by molar-refractivity contribution is -0.138. The zero-order valence-corrected chi connectivity index (χ0v) is 23.5. The normalized spacial score (nSPS) is 19.2. The number of aryl methyl sites for hydroxylation is 1. The van der Waals surface area contributed by atoms with E-state index >= 15 is 0 Å². The van der Waals surface area contributed by atoms with Crippen molar-refractivity contribution in [2.24, 2.45) is 12.5 Å². The second-order valence-electron chi connectivity index (χ2n) is 12.2.